The lowest BCUT2D eigenvalue weighted by Crippen LogP contribution is -2.42. The van der Waals surface area contributed by atoms with Crippen molar-refractivity contribution in [2.24, 2.45) is 0 Å². The maximum Gasteiger partial charge on any atom is 0.258 e. The fourth-order valence-electron chi connectivity index (χ4n) is 9.37. The van der Waals surface area contributed by atoms with Gasteiger partial charge in [0.1, 0.15) is 0 Å². The Labute approximate surface area is 492 Å². The number of fused-ring (bicyclic) bond motifs is 2. The lowest BCUT2D eigenvalue weighted by molar-refractivity contribution is 0.180. The molecule has 0 fully saturated rings. The zero-order valence-corrected chi connectivity index (χ0v) is 49.0. The first-order valence-electron chi connectivity index (χ1n) is 28.4. The van der Waals surface area contributed by atoms with Crippen LogP contribution in [0.25, 0.3) is 79.4 Å². The predicted octanol–water partition coefficient (Wildman–Crippen LogP) is 11.8. The monoisotopic (exact) mass is 1160 g/mol. The highest BCUT2D eigenvalue weighted by molar-refractivity contribution is 5.96. The molecule has 0 spiro atoms. The number of nitrogens with one attached hydrogen (secondary N) is 2. The summed E-state index contributed by atoms with van der Waals surface area (Å²) in [5.74, 6) is 6.65. The van der Waals surface area contributed by atoms with E-state index in [0.717, 1.165) is 68.3 Å². The van der Waals surface area contributed by atoms with Gasteiger partial charge in [-0.15, -0.1) is 0 Å². The topological polar surface area (TPSA) is 274 Å². The molecule has 0 amide bonds. The van der Waals surface area contributed by atoms with E-state index in [2.05, 4.69) is 45.7 Å². The Hall–Kier alpha value is -9.15. The molecule has 5 heterocycles. The minimum absolute atomic E-state index is 0.0439. The molecule has 1 atom stereocenters. The lowest BCUT2D eigenvalue weighted by Gasteiger charge is -2.23. The van der Waals surface area contributed by atoms with Crippen LogP contribution in [0.3, 0.4) is 0 Å². The fourth-order valence-corrected chi connectivity index (χ4v) is 9.37. The number of aromatic nitrogens is 8. The Balaban J connectivity index is 0.000000154. The van der Waals surface area contributed by atoms with Crippen molar-refractivity contribution in [3.63, 3.8) is 0 Å². The molecule has 21 nitrogen and oxygen atoms in total. The molecule has 0 radical (unpaired) electrons. The summed E-state index contributed by atoms with van der Waals surface area (Å²) in [6, 6.07) is 32.0. The fraction of sp³-hybridized carbons (Fsp3) is 0.328. The summed E-state index contributed by atoms with van der Waals surface area (Å²) in [5, 5.41) is 45.5. The van der Waals surface area contributed by atoms with E-state index in [-0.39, 0.29) is 18.8 Å². The van der Waals surface area contributed by atoms with Gasteiger partial charge < -0.3 is 67.6 Å². The summed E-state index contributed by atoms with van der Waals surface area (Å²) in [6.45, 7) is 19.3. The second-order valence-corrected chi connectivity index (χ2v) is 19.9. The third-order valence-electron chi connectivity index (χ3n) is 13.6. The number of H-pyrrole nitrogens is 1. The SMILES string of the molecule is CCOc1ccc(-c2nc(-c3ccc(CO)nc3)no2)cc1OCC.CCOc1ccc(-c2nc(-c3cccc4[nH]cc(CNC(C)(C)CO)c34)no2)cc1OCC.CCOc1ccc(-c2nc(-c3cccc4c3CCC4O)no2)cc1OCC. The van der Waals surface area contributed by atoms with Crippen molar-refractivity contribution in [2.45, 2.75) is 93.0 Å². The van der Waals surface area contributed by atoms with Crippen molar-refractivity contribution in [3.8, 4) is 103 Å². The molecule has 0 saturated heterocycles. The first kappa shape index (κ1) is 60.4. The van der Waals surface area contributed by atoms with Gasteiger partial charge in [-0.1, -0.05) is 45.8 Å². The number of hydrogen-bond donors (Lipinski definition) is 5. The molecule has 5 aromatic carbocycles. The van der Waals surface area contributed by atoms with Crippen molar-refractivity contribution in [3.05, 3.63) is 138 Å². The number of hydrogen-bond acceptors (Lipinski definition) is 20. The van der Waals surface area contributed by atoms with E-state index in [9.17, 15) is 10.2 Å². The van der Waals surface area contributed by atoms with Gasteiger partial charge in [-0.05, 0) is 158 Å². The van der Waals surface area contributed by atoms with E-state index < -0.39 is 6.10 Å². The summed E-state index contributed by atoms with van der Waals surface area (Å²) >= 11 is 0. The minimum atomic E-state index is -0.411. The highest BCUT2D eigenvalue weighted by Gasteiger charge is 2.26. The summed E-state index contributed by atoms with van der Waals surface area (Å²) in [7, 11) is 0. The number of aromatic amines is 1. The van der Waals surface area contributed by atoms with Crippen LogP contribution in [0, 0.1) is 0 Å². The molecule has 21 heteroatoms. The predicted molar refractivity (Wildman–Crippen MR) is 319 cm³/mol. The number of aliphatic hydroxyl groups excluding tert-OH is 3. The van der Waals surface area contributed by atoms with Crippen molar-refractivity contribution in [1.82, 2.24) is 45.7 Å². The van der Waals surface area contributed by atoms with Crippen molar-refractivity contribution >= 4 is 10.9 Å². The molecular formula is C64H71N9O12. The first-order chi connectivity index (χ1) is 41.4. The second-order valence-electron chi connectivity index (χ2n) is 19.9. The van der Waals surface area contributed by atoms with E-state index >= 15 is 0 Å². The number of rotatable bonds is 23. The van der Waals surface area contributed by atoms with Crippen LogP contribution in [0.1, 0.15) is 90.3 Å². The van der Waals surface area contributed by atoms with Crippen LogP contribution in [-0.2, 0) is 19.6 Å². The van der Waals surface area contributed by atoms with E-state index in [0.29, 0.717) is 127 Å². The Kier molecular flexibility index (Phi) is 20.2. The minimum Gasteiger partial charge on any atom is -0.490 e. The number of pyridine rings is 1. The van der Waals surface area contributed by atoms with Crippen LogP contribution in [0.2, 0.25) is 0 Å². The number of ether oxygens (including phenoxy) is 6. The average molecular weight is 1160 g/mol. The van der Waals surface area contributed by atoms with Gasteiger partial charge in [0.2, 0.25) is 17.5 Å². The lowest BCUT2D eigenvalue weighted by atomic mass is 10.0. The Morgan fingerprint density at radius 3 is 1.53 bits per heavy atom. The Morgan fingerprint density at radius 2 is 1.04 bits per heavy atom. The molecule has 5 N–H and O–H groups in total. The maximum atomic E-state index is 10.1. The third-order valence-corrected chi connectivity index (χ3v) is 13.6. The smallest absolute Gasteiger partial charge is 0.258 e. The highest BCUT2D eigenvalue weighted by atomic mass is 16.5. The molecule has 0 bridgehead atoms. The van der Waals surface area contributed by atoms with Gasteiger partial charge >= 0.3 is 0 Å². The van der Waals surface area contributed by atoms with Gasteiger partial charge in [0.05, 0.1) is 64.7 Å². The molecule has 1 aliphatic rings. The first-order valence-corrected chi connectivity index (χ1v) is 28.4. The van der Waals surface area contributed by atoms with Crippen molar-refractivity contribution < 1.29 is 57.3 Å². The molecule has 0 aliphatic heterocycles. The van der Waals surface area contributed by atoms with E-state index in [1.165, 1.54) is 0 Å². The maximum absolute atomic E-state index is 10.1. The van der Waals surface area contributed by atoms with Crippen molar-refractivity contribution in [2.75, 3.05) is 46.2 Å². The third kappa shape index (κ3) is 14.4. The molecule has 1 aliphatic carbocycles. The average Bonchev–Trinajstić information content (AvgIpc) is 3.38. The van der Waals surface area contributed by atoms with Crippen LogP contribution in [0.5, 0.6) is 34.5 Å². The molecule has 1 unspecified atom stereocenters. The number of nitrogens with zero attached hydrogens (tertiary/aromatic N) is 7. The normalized spacial score (nSPS) is 12.7. The zero-order chi connectivity index (χ0) is 59.9. The van der Waals surface area contributed by atoms with Crippen LogP contribution >= 0.6 is 0 Å². The van der Waals surface area contributed by atoms with Gasteiger partial charge in [-0.25, -0.2) is 0 Å². The summed E-state index contributed by atoms with van der Waals surface area (Å²) in [4.78, 5) is 21.1. The van der Waals surface area contributed by atoms with E-state index in [1.54, 1.807) is 18.3 Å². The summed E-state index contributed by atoms with van der Waals surface area (Å²) < 4.78 is 50.3. The molecule has 11 rings (SSSR count). The molecule has 10 aromatic rings. The standard InChI is InChI=1S/C25H30N4O4.C21H22N2O4.C18H19N3O4/c1-5-31-20-11-10-16(12-21(20)32-6-2)24-28-23(29-33-24)18-8-7-9-19-22(18)17(13-26-19)14-27-25(3,4)15-30;1-3-25-18-11-8-13(12-19(18)26-4-2)21-22-20(23-27-21)16-7-5-6-15-14(16)9-10-17(15)24;1-3-23-15-8-6-12(9-16(15)24-4-2)18-20-17(21-25-18)13-5-7-14(11-22)19-10-13/h7-13,26-27,30H,5-6,14-15H2,1-4H3;5-8,11-12,17,24H,3-4,9-10H2,1-2H3;5-10,22H,3-4,11H2,1-2H3. The molecular weight excluding hydrogens is 1090 g/mol. The Morgan fingerprint density at radius 1 is 0.565 bits per heavy atom. The van der Waals surface area contributed by atoms with Crippen molar-refractivity contribution in [1.29, 1.82) is 0 Å². The van der Waals surface area contributed by atoms with Crippen LogP contribution in [-0.4, -0.2) is 107 Å². The molecule has 444 valence electrons. The zero-order valence-electron chi connectivity index (χ0n) is 49.0. The van der Waals surface area contributed by atoms with Gasteiger partial charge in [0.15, 0.2) is 34.5 Å². The van der Waals surface area contributed by atoms with Crippen LogP contribution in [0.4, 0.5) is 0 Å². The quantitative estimate of drug-likeness (QED) is 0.0398. The highest BCUT2D eigenvalue weighted by Crippen LogP contribution is 2.40. The largest absolute Gasteiger partial charge is 0.490 e. The molecule has 5 aromatic heterocycles. The molecule has 85 heavy (non-hydrogen) atoms. The van der Waals surface area contributed by atoms with Crippen LogP contribution in [0.15, 0.2) is 129 Å². The van der Waals surface area contributed by atoms with Gasteiger partial charge in [-0.3, -0.25) is 4.98 Å². The van der Waals surface area contributed by atoms with Gasteiger partial charge in [-0.2, -0.15) is 15.0 Å². The van der Waals surface area contributed by atoms with Crippen LogP contribution < -0.4 is 33.7 Å². The van der Waals surface area contributed by atoms with Gasteiger partial charge in [0, 0.05) is 68.8 Å². The molecule has 0 saturated carbocycles. The number of aliphatic hydroxyl groups is 3. The summed E-state index contributed by atoms with van der Waals surface area (Å²) in [6.07, 6.45) is 4.70. The van der Waals surface area contributed by atoms with E-state index in [1.807, 2.05) is 153 Å². The summed E-state index contributed by atoms with van der Waals surface area (Å²) in [5.41, 5.74) is 9.07. The number of benzene rings is 5. The Bertz CT molecular complexity index is 3780. The second kappa shape index (κ2) is 28.4. The van der Waals surface area contributed by atoms with E-state index in [4.69, 9.17) is 47.1 Å². The van der Waals surface area contributed by atoms with Gasteiger partial charge in [0.25, 0.3) is 17.7 Å².